The lowest BCUT2D eigenvalue weighted by molar-refractivity contribution is 0.220. The van der Waals surface area contributed by atoms with Gasteiger partial charge in [0, 0.05) is 18.3 Å². The Balaban J connectivity index is 2.25. The van der Waals surface area contributed by atoms with E-state index in [1.54, 1.807) is 22.7 Å². The Morgan fingerprint density at radius 3 is 2.62 bits per heavy atom. The molecule has 4 nitrogen and oxygen atoms in total. The monoisotopic (exact) mass is 347 g/mol. The van der Waals surface area contributed by atoms with Gasteiger partial charge in [0.2, 0.25) is 0 Å². The summed E-state index contributed by atoms with van der Waals surface area (Å²) in [5, 5.41) is 4.01. The maximum absolute atomic E-state index is 13.0. The quantitative estimate of drug-likeness (QED) is 0.738. The topological polar surface area (TPSA) is 44.7 Å². The van der Waals surface area contributed by atoms with Gasteiger partial charge in [-0.25, -0.2) is 9.69 Å². The molecule has 1 fully saturated rings. The van der Waals surface area contributed by atoms with Crippen molar-refractivity contribution in [2.24, 2.45) is 4.99 Å². The normalized spacial score (nSPS) is 19.2. The molecule has 1 saturated carbocycles. The maximum Gasteiger partial charge on any atom is 0.328 e. The van der Waals surface area contributed by atoms with Crippen molar-refractivity contribution in [2.75, 3.05) is 12.3 Å². The van der Waals surface area contributed by atoms with E-state index in [2.05, 4.69) is 16.9 Å². The van der Waals surface area contributed by atoms with Crippen LogP contribution in [0.3, 0.4) is 0 Å². The fourth-order valence-corrected chi connectivity index (χ4v) is 3.94. The molecule has 0 spiro atoms. The Hall–Kier alpha value is -1.49. The Bertz CT molecular complexity index is 541. The van der Waals surface area contributed by atoms with Gasteiger partial charge in [0.15, 0.2) is 5.17 Å². The number of thioether (sulfide) groups is 1. The number of carbonyl (C=O) groups is 1. The number of carbonyl (C=O) groups excluding carboxylic acids is 1. The molecule has 1 aliphatic heterocycles. The van der Waals surface area contributed by atoms with Crippen LogP contribution in [0.2, 0.25) is 0 Å². The molecule has 0 atom stereocenters. The summed E-state index contributed by atoms with van der Waals surface area (Å²) < 4.78 is 0. The molecular weight excluding hydrogens is 318 g/mol. The number of urea groups is 1. The Morgan fingerprint density at radius 1 is 1.29 bits per heavy atom. The third-order valence-corrected chi connectivity index (χ3v) is 5.15. The number of rotatable bonds is 4. The number of nitrogens with one attached hydrogen (secondary N) is 1. The number of amidine groups is 1. The van der Waals surface area contributed by atoms with Crippen molar-refractivity contribution in [1.29, 1.82) is 0 Å². The molecule has 0 aromatic heterocycles. The second-order valence-corrected chi connectivity index (χ2v) is 7.60. The standard InChI is InChI=1S/C19H29N3OS/c1-4-9-17(14-15(2)3)22(19-20-12-8-13-24-19)18(23)21-16-10-6-5-7-11-16/h4,9,14,16H,1,5-8,10-13H2,2-3H3,(H,21,23)/b17-9+. The third-order valence-electron chi connectivity index (χ3n) is 4.09. The van der Waals surface area contributed by atoms with Gasteiger partial charge < -0.3 is 5.32 Å². The molecule has 0 unspecified atom stereocenters. The third kappa shape index (κ3) is 5.55. The fourth-order valence-electron chi connectivity index (χ4n) is 2.99. The maximum atomic E-state index is 13.0. The lowest BCUT2D eigenvalue weighted by Gasteiger charge is -2.30. The van der Waals surface area contributed by atoms with Gasteiger partial charge in [0.1, 0.15) is 0 Å². The molecule has 0 aromatic rings. The van der Waals surface area contributed by atoms with E-state index in [-0.39, 0.29) is 12.1 Å². The largest absolute Gasteiger partial charge is 0.335 e. The second-order valence-electron chi connectivity index (χ2n) is 6.54. The molecule has 1 aliphatic carbocycles. The van der Waals surface area contributed by atoms with Gasteiger partial charge >= 0.3 is 6.03 Å². The van der Waals surface area contributed by atoms with Gasteiger partial charge in [-0.1, -0.05) is 49.3 Å². The molecule has 0 radical (unpaired) electrons. The van der Waals surface area contributed by atoms with E-state index < -0.39 is 0 Å². The summed E-state index contributed by atoms with van der Waals surface area (Å²) in [5.74, 6) is 1.00. The van der Waals surface area contributed by atoms with Gasteiger partial charge in [-0.3, -0.25) is 4.99 Å². The van der Waals surface area contributed by atoms with Crippen LogP contribution >= 0.6 is 11.8 Å². The van der Waals surface area contributed by atoms with Crippen molar-refractivity contribution in [2.45, 2.75) is 58.4 Å². The summed E-state index contributed by atoms with van der Waals surface area (Å²) in [7, 11) is 0. The summed E-state index contributed by atoms with van der Waals surface area (Å²) in [5.41, 5.74) is 1.96. The highest BCUT2D eigenvalue weighted by atomic mass is 32.2. The predicted molar refractivity (Wildman–Crippen MR) is 104 cm³/mol. The summed E-state index contributed by atoms with van der Waals surface area (Å²) >= 11 is 1.65. The number of allylic oxidation sites excluding steroid dienone is 4. The molecule has 24 heavy (non-hydrogen) atoms. The zero-order valence-corrected chi connectivity index (χ0v) is 15.7. The number of amides is 2. The first-order valence-corrected chi connectivity index (χ1v) is 9.86. The molecule has 0 aromatic carbocycles. The fraction of sp³-hybridized carbons (Fsp3) is 0.579. The van der Waals surface area contributed by atoms with E-state index in [1.807, 2.05) is 26.0 Å². The van der Waals surface area contributed by atoms with Gasteiger partial charge in [-0.2, -0.15) is 0 Å². The second kappa shape index (κ2) is 9.72. The molecular formula is C19H29N3OS. The van der Waals surface area contributed by atoms with Crippen LogP contribution in [-0.2, 0) is 0 Å². The lowest BCUT2D eigenvalue weighted by Crippen LogP contribution is -2.47. The molecule has 132 valence electrons. The molecule has 2 aliphatic rings. The Labute approximate surface area is 150 Å². The smallest absolute Gasteiger partial charge is 0.328 e. The molecule has 1 N–H and O–H groups in total. The zero-order valence-electron chi connectivity index (χ0n) is 14.9. The van der Waals surface area contributed by atoms with Crippen LogP contribution in [0.5, 0.6) is 0 Å². The van der Waals surface area contributed by atoms with Gasteiger partial charge in [-0.05, 0) is 45.3 Å². The average Bonchev–Trinajstić information content (AvgIpc) is 2.56. The average molecular weight is 348 g/mol. The van der Waals surface area contributed by atoms with Gasteiger partial charge in [0.05, 0.1) is 5.70 Å². The zero-order chi connectivity index (χ0) is 17.4. The lowest BCUT2D eigenvalue weighted by atomic mass is 9.96. The van der Waals surface area contributed by atoms with Crippen LogP contribution in [0.1, 0.15) is 52.4 Å². The van der Waals surface area contributed by atoms with Crippen LogP contribution in [0.15, 0.2) is 41.1 Å². The van der Waals surface area contributed by atoms with Crippen LogP contribution in [0, 0.1) is 0 Å². The number of nitrogens with zero attached hydrogens (tertiary/aromatic N) is 2. The van der Waals surface area contributed by atoms with E-state index in [0.717, 1.165) is 48.0 Å². The van der Waals surface area contributed by atoms with Crippen molar-refractivity contribution in [3.8, 4) is 0 Å². The first kappa shape index (κ1) is 18.8. The SMILES string of the molecule is C=C/C=C(\C=C(C)C)N(C(=O)NC1CCCCC1)C1=NCCCS1. The van der Waals surface area contributed by atoms with Gasteiger partial charge in [-0.15, -0.1) is 0 Å². The van der Waals surface area contributed by atoms with E-state index >= 15 is 0 Å². The Morgan fingerprint density at radius 2 is 2.04 bits per heavy atom. The number of hydrogen-bond donors (Lipinski definition) is 1. The number of aliphatic imine (C=N–C) groups is 1. The summed E-state index contributed by atoms with van der Waals surface area (Å²) in [6.07, 6.45) is 12.5. The molecule has 2 rings (SSSR count). The van der Waals surface area contributed by atoms with E-state index in [1.165, 1.54) is 19.3 Å². The van der Waals surface area contributed by atoms with E-state index in [9.17, 15) is 4.79 Å². The highest BCUT2D eigenvalue weighted by Gasteiger charge is 2.26. The minimum atomic E-state index is -0.0688. The van der Waals surface area contributed by atoms with E-state index in [0.29, 0.717) is 0 Å². The minimum absolute atomic E-state index is 0.0688. The molecule has 0 bridgehead atoms. The first-order valence-electron chi connectivity index (χ1n) is 8.87. The van der Waals surface area contributed by atoms with Crippen molar-refractivity contribution in [3.63, 3.8) is 0 Å². The van der Waals surface area contributed by atoms with Crippen molar-refractivity contribution in [1.82, 2.24) is 10.2 Å². The molecule has 5 heteroatoms. The first-order chi connectivity index (χ1) is 11.6. The van der Waals surface area contributed by atoms with Crippen LogP contribution in [0.25, 0.3) is 0 Å². The van der Waals surface area contributed by atoms with Crippen LogP contribution < -0.4 is 5.32 Å². The predicted octanol–water partition coefficient (Wildman–Crippen LogP) is 4.86. The van der Waals surface area contributed by atoms with Crippen molar-refractivity contribution in [3.05, 3.63) is 36.1 Å². The molecule has 2 amide bonds. The van der Waals surface area contributed by atoms with Crippen LogP contribution in [0.4, 0.5) is 4.79 Å². The summed E-state index contributed by atoms with van der Waals surface area (Å²) in [6, 6.07) is 0.209. The van der Waals surface area contributed by atoms with Gasteiger partial charge in [0.25, 0.3) is 0 Å². The molecule has 1 heterocycles. The summed E-state index contributed by atoms with van der Waals surface area (Å²) in [6.45, 7) is 8.65. The highest BCUT2D eigenvalue weighted by Crippen LogP contribution is 2.23. The van der Waals surface area contributed by atoms with Crippen molar-refractivity contribution < 1.29 is 4.79 Å². The Kier molecular flexibility index (Phi) is 7.63. The number of hydrogen-bond acceptors (Lipinski definition) is 3. The van der Waals surface area contributed by atoms with E-state index in [4.69, 9.17) is 0 Å². The minimum Gasteiger partial charge on any atom is -0.335 e. The molecule has 0 saturated heterocycles. The highest BCUT2D eigenvalue weighted by molar-refractivity contribution is 8.13. The van der Waals surface area contributed by atoms with Crippen molar-refractivity contribution >= 4 is 23.0 Å². The van der Waals surface area contributed by atoms with Crippen LogP contribution in [-0.4, -0.2) is 34.4 Å². The summed E-state index contributed by atoms with van der Waals surface area (Å²) in [4.78, 5) is 19.3.